The Morgan fingerprint density at radius 1 is 1.35 bits per heavy atom. The first-order valence-electron chi connectivity index (χ1n) is 8.89. The Hall–Kier alpha value is -1.48. The van der Waals surface area contributed by atoms with Crippen molar-refractivity contribution in [1.29, 1.82) is 0 Å². The molecule has 0 bridgehead atoms. The minimum Gasteiger partial charge on any atom is -0.383 e. The molecule has 1 fully saturated rings. The topological polar surface area (TPSA) is 78.9 Å². The van der Waals surface area contributed by atoms with E-state index in [9.17, 15) is 13.2 Å². The zero-order valence-corrected chi connectivity index (χ0v) is 16.6. The molecule has 1 aliphatic rings. The van der Waals surface area contributed by atoms with Gasteiger partial charge >= 0.3 is 0 Å². The van der Waals surface area contributed by atoms with Gasteiger partial charge in [-0.1, -0.05) is 6.07 Å². The van der Waals surface area contributed by atoms with Gasteiger partial charge in [0.25, 0.3) is 5.91 Å². The summed E-state index contributed by atoms with van der Waals surface area (Å²) < 4.78 is 32.7. The molecule has 0 aromatic heterocycles. The van der Waals surface area contributed by atoms with E-state index in [0.717, 1.165) is 19.3 Å². The third kappa shape index (κ3) is 5.51. The highest BCUT2D eigenvalue weighted by molar-refractivity contribution is 7.89. The number of carbonyl (C=O) groups excluding carboxylic acids is 1. The number of amides is 1. The van der Waals surface area contributed by atoms with E-state index in [1.807, 2.05) is 19.0 Å². The molecule has 1 heterocycles. The molecular weight excluding hydrogens is 354 g/mol. The Morgan fingerprint density at radius 3 is 2.81 bits per heavy atom. The van der Waals surface area contributed by atoms with Gasteiger partial charge in [-0.15, -0.1) is 0 Å². The smallest absolute Gasteiger partial charge is 0.254 e. The molecule has 2 rings (SSSR count). The number of hydrogen-bond donors (Lipinski definition) is 1. The van der Waals surface area contributed by atoms with Crippen LogP contribution in [0, 0.1) is 0 Å². The van der Waals surface area contributed by atoms with Crippen LogP contribution in [-0.4, -0.2) is 77.6 Å². The van der Waals surface area contributed by atoms with Crippen LogP contribution >= 0.6 is 0 Å². The fraction of sp³-hybridized carbons (Fsp3) is 0.611. The Balaban J connectivity index is 2.15. The summed E-state index contributed by atoms with van der Waals surface area (Å²) in [5.41, 5.74) is 0.392. The Bertz CT molecular complexity index is 704. The van der Waals surface area contributed by atoms with Crippen LogP contribution in [0.25, 0.3) is 0 Å². The maximum absolute atomic E-state index is 12.9. The van der Waals surface area contributed by atoms with Crippen molar-refractivity contribution >= 4 is 15.9 Å². The van der Waals surface area contributed by atoms with E-state index in [2.05, 4.69) is 4.72 Å². The second-order valence-corrected chi connectivity index (χ2v) is 8.60. The predicted octanol–water partition coefficient (Wildman–Crippen LogP) is 1.17. The molecule has 0 radical (unpaired) electrons. The monoisotopic (exact) mass is 383 g/mol. The Labute approximate surface area is 156 Å². The Kier molecular flexibility index (Phi) is 7.57. The third-order valence-corrected chi connectivity index (χ3v) is 5.95. The van der Waals surface area contributed by atoms with E-state index in [0.29, 0.717) is 31.8 Å². The van der Waals surface area contributed by atoms with Gasteiger partial charge in [0.05, 0.1) is 17.5 Å². The highest BCUT2D eigenvalue weighted by atomic mass is 32.2. The lowest BCUT2D eigenvalue weighted by Gasteiger charge is -2.35. The van der Waals surface area contributed by atoms with E-state index >= 15 is 0 Å². The summed E-state index contributed by atoms with van der Waals surface area (Å²) >= 11 is 0. The van der Waals surface area contributed by atoms with Crippen molar-refractivity contribution in [2.24, 2.45) is 0 Å². The number of hydrogen-bond acceptors (Lipinski definition) is 5. The molecule has 0 spiro atoms. The van der Waals surface area contributed by atoms with Crippen molar-refractivity contribution in [2.75, 3.05) is 47.4 Å². The number of carbonyl (C=O) groups is 1. The van der Waals surface area contributed by atoms with Gasteiger partial charge in [-0.05, 0) is 51.6 Å². The van der Waals surface area contributed by atoms with Crippen molar-refractivity contribution in [3.8, 4) is 0 Å². The van der Waals surface area contributed by atoms with Crippen LogP contribution in [0.3, 0.4) is 0 Å². The number of nitrogens with zero attached hydrogens (tertiary/aromatic N) is 2. The SMILES string of the molecule is COC[C@@H]1CCCCN1C(=O)c1cccc(S(=O)(=O)NCCN(C)C)c1. The fourth-order valence-electron chi connectivity index (χ4n) is 3.08. The molecule has 1 aromatic rings. The minimum atomic E-state index is -3.64. The van der Waals surface area contributed by atoms with Crippen LogP contribution in [0.15, 0.2) is 29.2 Å². The number of methoxy groups -OCH3 is 1. The second kappa shape index (κ2) is 9.45. The normalized spacial score (nSPS) is 18.3. The van der Waals surface area contributed by atoms with Crippen molar-refractivity contribution < 1.29 is 17.9 Å². The second-order valence-electron chi connectivity index (χ2n) is 6.83. The summed E-state index contributed by atoms with van der Waals surface area (Å²) in [7, 11) is 1.75. The van der Waals surface area contributed by atoms with E-state index in [4.69, 9.17) is 4.74 Å². The maximum Gasteiger partial charge on any atom is 0.254 e. The molecular formula is C18H29N3O4S. The predicted molar refractivity (Wildman–Crippen MR) is 101 cm³/mol. The first-order valence-corrected chi connectivity index (χ1v) is 10.4. The molecule has 7 nitrogen and oxygen atoms in total. The van der Waals surface area contributed by atoms with Crippen LogP contribution in [0.5, 0.6) is 0 Å². The first kappa shape index (κ1) is 20.8. The lowest BCUT2D eigenvalue weighted by Crippen LogP contribution is -2.46. The molecule has 1 aliphatic heterocycles. The highest BCUT2D eigenvalue weighted by Crippen LogP contribution is 2.21. The zero-order valence-electron chi connectivity index (χ0n) is 15.8. The van der Waals surface area contributed by atoms with Gasteiger partial charge in [0, 0.05) is 32.3 Å². The fourth-order valence-corrected chi connectivity index (χ4v) is 4.15. The van der Waals surface area contributed by atoms with Crippen LogP contribution in [0.1, 0.15) is 29.6 Å². The lowest BCUT2D eigenvalue weighted by atomic mass is 10.0. The van der Waals surface area contributed by atoms with E-state index in [1.54, 1.807) is 24.1 Å². The van der Waals surface area contributed by atoms with Crippen molar-refractivity contribution in [3.05, 3.63) is 29.8 Å². The molecule has 1 saturated heterocycles. The van der Waals surface area contributed by atoms with E-state index < -0.39 is 10.0 Å². The summed E-state index contributed by atoms with van der Waals surface area (Å²) in [4.78, 5) is 16.7. The summed E-state index contributed by atoms with van der Waals surface area (Å²) in [6, 6.07) is 6.29. The van der Waals surface area contributed by atoms with Crippen LogP contribution in [0.2, 0.25) is 0 Å². The lowest BCUT2D eigenvalue weighted by molar-refractivity contribution is 0.0428. The summed E-state index contributed by atoms with van der Waals surface area (Å²) in [5.74, 6) is -0.142. The van der Waals surface area contributed by atoms with Gasteiger partial charge in [-0.3, -0.25) is 4.79 Å². The number of nitrogens with one attached hydrogen (secondary N) is 1. The number of likely N-dealkylation sites (N-methyl/N-ethyl adjacent to an activating group) is 1. The van der Waals surface area contributed by atoms with E-state index in [1.165, 1.54) is 12.1 Å². The standard InChI is InChI=1S/C18H29N3O4S/c1-20(2)12-10-19-26(23,24)17-9-6-7-15(13-17)18(22)21-11-5-4-8-16(21)14-25-3/h6-7,9,13,16,19H,4-5,8,10-12,14H2,1-3H3/t16-/m0/s1. The van der Waals surface area contributed by atoms with Gasteiger partial charge in [0.2, 0.25) is 10.0 Å². The molecule has 1 N–H and O–H groups in total. The zero-order chi connectivity index (χ0) is 19.2. The first-order chi connectivity index (χ1) is 12.3. The molecule has 0 aliphatic carbocycles. The molecule has 146 valence electrons. The minimum absolute atomic E-state index is 0.0414. The summed E-state index contributed by atoms with van der Waals surface area (Å²) in [6.07, 6.45) is 2.93. The molecule has 1 amide bonds. The molecule has 8 heteroatoms. The number of rotatable bonds is 8. The van der Waals surface area contributed by atoms with Gasteiger partial charge in [-0.25, -0.2) is 13.1 Å². The van der Waals surface area contributed by atoms with Gasteiger partial charge in [-0.2, -0.15) is 0 Å². The average Bonchev–Trinajstić information content (AvgIpc) is 2.61. The number of piperidine rings is 1. The molecule has 0 unspecified atom stereocenters. The molecule has 26 heavy (non-hydrogen) atoms. The third-order valence-electron chi connectivity index (χ3n) is 4.49. The number of likely N-dealkylation sites (tertiary alicyclic amines) is 1. The van der Waals surface area contributed by atoms with Crippen molar-refractivity contribution in [1.82, 2.24) is 14.5 Å². The van der Waals surface area contributed by atoms with Gasteiger partial charge in [0.15, 0.2) is 0 Å². The van der Waals surface area contributed by atoms with Crippen LogP contribution in [0.4, 0.5) is 0 Å². The summed E-state index contributed by atoms with van der Waals surface area (Å²) in [6.45, 7) is 2.08. The average molecular weight is 384 g/mol. The summed E-state index contributed by atoms with van der Waals surface area (Å²) in [5, 5.41) is 0. The van der Waals surface area contributed by atoms with Gasteiger partial charge in [0.1, 0.15) is 0 Å². The molecule has 1 atom stereocenters. The number of ether oxygens (including phenoxy) is 1. The van der Waals surface area contributed by atoms with E-state index in [-0.39, 0.29) is 16.8 Å². The van der Waals surface area contributed by atoms with Crippen molar-refractivity contribution in [2.45, 2.75) is 30.2 Å². The van der Waals surface area contributed by atoms with Crippen LogP contribution in [-0.2, 0) is 14.8 Å². The Morgan fingerprint density at radius 2 is 2.12 bits per heavy atom. The van der Waals surface area contributed by atoms with Crippen molar-refractivity contribution in [3.63, 3.8) is 0 Å². The number of benzene rings is 1. The largest absolute Gasteiger partial charge is 0.383 e. The quantitative estimate of drug-likeness (QED) is 0.729. The maximum atomic E-state index is 12.9. The molecule has 1 aromatic carbocycles. The number of sulfonamides is 1. The van der Waals surface area contributed by atoms with Crippen LogP contribution < -0.4 is 4.72 Å². The molecule has 0 saturated carbocycles. The highest BCUT2D eigenvalue weighted by Gasteiger charge is 2.28. The van der Waals surface area contributed by atoms with Gasteiger partial charge < -0.3 is 14.5 Å².